The summed E-state index contributed by atoms with van der Waals surface area (Å²) in [6.45, 7) is 8.44. The van der Waals surface area contributed by atoms with E-state index in [9.17, 15) is 9.59 Å². The second kappa shape index (κ2) is 9.55. The van der Waals surface area contributed by atoms with Crippen molar-refractivity contribution < 1.29 is 23.8 Å². The number of ether oxygens (including phenoxy) is 3. The predicted octanol–water partition coefficient (Wildman–Crippen LogP) is 3.94. The van der Waals surface area contributed by atoms with Gasteiger partial charge in [-0.1, -0.05) is 31.7 Å². The maximum atomic E-state index is 13.1. The van der Waals surface area contributed by atoms with Crippen molar-refractivity contribution in [3.63, 3.8) is 0 Å². The molecule has 8 heteroatoms. The highest BCUT2D eigenvalue weighted by Crippen LogP contribution is 2.42. The van der Waals surface area contributed by atoms with Crippen LogP contribution in [-0.2, 0) is 14.3 Å². The van der Waals surface area contributed by atoms with Crippen molar-refractivity contribution in [1.82, 2.24) is 4.90 Å². The van der Waals surface area contributed by atoms with E-state index in [1.807, 2.05) is 32.9 Å². The van der Waals surface area contributed by atoms with Crippen LogP contribution in [0.25, 0.3) is 0 Å². The van der Waals surface area contributed by atoms with Gasteiger partial charge in [-0.3, -0.25) is 9.69 Å². The van der Waals surface area contributed by atoms with Crippen LogP contribution in [0.5, 0.6) is 11.5 Å². The third-order valence-electron chi connectivity index (χ3n) is 4.78. The normalized spacial score (nSPS) is 18.9. The van der Waals surface area contributed by atoms with Crippen LogP contribution in [0.3, 0.4) is 0 Å². The summed E-state index contributed by atoms with van der Waals surface area (Å²) in [5.74, 6) is 1.51. The quantitative estimate of drug-likeness (QED) is 0.608. The summed E-state index contributed by atoms with van der Waals surface area (Å²) in [4.78, 5) is 32.1. The largest absolute Gasteiger partial charge is 0.493 e. The number of amides is 1. The lowest BCUT2D eigenvalue weighted by Crippen LogP contribution is -2.45. The number of fused-ring (bicyclic) bond motifs is 1. The maximum Gasteiger partial charge on any atom is 0.338 e. The van der Waals surface area contributed by atoms with Crippen molar-refractivity contribution in [1.29, 1.82) is 0 Å². The van der Waals surface area contributed by atoms with Gasteiger partial charge >= 0.3 is 5.97 Å². The number of carbonyl (C=O) groups excluding carboxylic acids is 2. The van der Waals surface area contributed by atoms with E-state index in [4.69, 9.17) is 14.2 Å². The van der Waals surface area contributed by atoms with Crippen molar-refractivity contribution in [2.75, 3.05) is 26.1 Å². The fourth-order valence-electron chi connectivity index (χ4n) is 3.42. The van der Waals surface area contributed by atoms with Crippen molar-refractivity contribution in [3.8, 4) is 11.5 Å². The van der Waals surface area contributed by atoms with Crippen LogP contribution in [-0.4, -0.2) is 48.0 Å². The zero-order valence-corrected chi connectivity index (χ0v) is 18.9. The minimum Gasteiger partial charge on any atom is -0.493 e. The molecule has 0 unspecified atom stereocenters. The second-order valence-electron chi connectivity index (χ2n) is 7.49. The van der Waals surface area contributed by atoms with Gasteiger partial charge in [0.25, 0.3) is 0 Å². The van der Waals surface area contributed by atoms with Crippen LogP contribution in [0.15, 0.2) is 34.5 Å². The molecule has 0 aliphatic carbocycles. The van der Waals surface area contributed by atoms with Crippen molar-refractivity contribution in [2.24, 2.45) is 10.9 Å². The van der Waals surface area contributed by atoms with Gasteiger partial charge in [0.2, 0.25) is 5.91 Å². The topological polar surface area (TPSA) is 77.4 Å². The summed E-state index contributed by atoms with van der Waals surface area (Å²) in [5.41, 5.74) is 1.69. The summed E-state index contributed by atoms with van der Waals surface area (Å²) < 4.78 is 16.7. The molecule has 1 aromatic rings. The Hall–Kier alpha value is -2.48. The van der Waals surface area contributed by atoms with Gasteiger partial charge in [-0.15, -0.1) is 0 Å². The van der Waals surface area contributed by atoms with E-state index in [0.29, 0.717) is 53.3 Å². The fraction of sp³-hybridized carbons (Fsp3) is 0.500. The van der Waals surface area contributed by atoms with E-state index in [1.54, 1.807) is 25.0 Å². The highest BCUT2D eigenvalue weighted by molar-refractivity contribution is 8.14. The first kappa shape index (κ1) is 22.2. The first-order chi connectivity index (χ1) is 14.4. The fourth-order valence-corrected chi connectivity index (χ4v) is 4.43. The highest BCUT2D eigenvalue weighted by atomic mass is 32.2. The zero-order valence-electron chi connectivity index (χ0n) is 18.1. The molecular formula is C22H28N2O5S. The Morgan fingerprint density at radius 1 is 1.33 bits per heavy atom. The number of hydrogen-bond donors (Lipinski definition) is 0. The number of methoxy groups -OCH3 is 1. The molecule has 0 saturated carbocycles. The van der Waals surface area contributed by atoms with Crippen LogP contribution in [0.1, 0.15) is 45.7 Å². The molecule has 2 aliphatic rings. The number of benzene rings is 1. The molecule has 2 heterocycles. The lowest BCUT2D eigenvalue weighted by Gasteiger charge is -2.39. The number of thioether (sulfide) groups is 1. The molecule has 0 bridgehead atoms. The van der Waals surface area contributed by atoms with Crippen LogP contribution < -0.4 is 9.47 Å². The van der Waals surface area contributed by atoms with Gasteiger partial charge in [-0.2, -0.15) is 0 Å². The molecule has 0 N–H and O–H groups in total. The number of esters is 1. The van der Waals surface area contributed by atoms with Crippen molar-refractivity contribution in [2.45, 2.75) is 40.2 Å². The summed E-state index contributed by atoms with van der Waals surface area (Å²) in [7, 11) is 1.57. The zero-order chi connectivity index (χ0) is 21.8. The Labute approximate surface area is 181 Å². The average molecular weight is 433 g/mol. The lowest BCUT2D eigenvalue weighted by atomic mass is 9.93. The van der Waals surface area contributed by atoms with Gasteiger partial charge in [0.1, 0.15) is 0 Å². The predicted molar refractivity (Wildman–Crippen MR) is 117 cm³/mol. The monoisotopic (exact) mass is 432 g/mol. The molecule has 2 aliphatic heterocycles. The van der Waals surface area contributed by atoms with Gasteiger partial charge in [-0.05, 0) is 37.5 Å². The van der Waals surface area contributed by atoms with E-state index in [2.05, 4.69) is 4.99 Å². The number of allylic oxidation sites excluding steroid dienone is 1. The molecule has 0 aromatic heterocycles. The van der Waals surface area contributed by atoms with E-state index >= 15 is 0 Å². The maximum absolute atomic E-state index is 13.1. The average Bonchev–Trinajstić information content (AvgIpc) is 2.71. The van der Waals surface area contributed by atoms with Crippen LogP contribution in [0, 0.1) is 5.92 Å². The Balaban J connectivity index is 2.10. The van der Waals surface area contributed by atoms with E-state index in [1.165, 1.54) is 11.8 Å². The van der Waals surface area contributed by atoms with Gasteiger partial charge < -0.3 is 14.2 Å². The van der Waals surface area contributed by atoms with Gasteiger partial charge in [0.15, 0.2) is 16.7 Å². The Bertz CT molecular complexity index is 894. The number of nitrogens with zero attached hydrogens (tertiary/aromatic N) is 2. The molecule has 162 valence electrons. The Kier molecular flexibility index (Phi) is 7.07. The summed E-state index contributed by atoms with van der Waals surface area (Å²) in [6.07, 6.45) is 0.391. The van der Waals surface area contributed by atoms with Crippen molar-refractivity contribution in [3.05, 3.63) is 35.0 Å². The minimum absolute atomic E-state index is 0.0630. The van der Waals surface area contributed by atoms with Crippen LogP contribution >= 0.6 is 11.8 Å². The molecule has 1 aromatic carbocycles. The van der Waals surface area contributed by atoms with Crippen LogP contribution in [0.2, 0.25) is 0 Å². The van der Waals surface area contributed by atoms with Gasteiger partial charge in [-0.25, -0.2) is 9.79 Å². The van der Waals surface area contributed by atoms with Gasteiger partial charge in [0.05, 0.1) is 37.6 Å². The molecule has 1 amide bonds. The number of hydrogen-bond acceptors (Lipinski definition) is 7. The Morgan fingerprint density at radius 2 is 2.10 bits per heavy atom. The van der Waals surface area contributed by atoms with Gasteiger partial charge in [0, 0.05) is 12.2 Å². The number of amidine groups is 1. The summed E-state index contributed by atoms with van der Waals surface area (Å²) >= 11 is 1.52. The molecule has 7 nitrogen and oxygen atoms in total. The number of carbonyl (C=O) groups is 2. The SMILES string of the molecule is CCOc1ccc([C@@H]2C(C(=O)OCC(C)C)=C(C)N=C3SCCC(=O)N32)cc1OC. The second-order valence-corrected chi connectivity index (χ2v) is 8.56. The molecule has 1 atom stereocenters. The molecule has 0 radical (unpaired) electrons. The molecule has 3 rings (SSSR count). The first-order valence-electron chi connectivity index (χ1n) is 10.1. The highest BCUT2D eigenvalue weighted by Gasteiger charge is 2.42. The molecule has 1 fully saturated rings. The molecule has 30 heavy (non-hydrogen) atoms. The van der Waals surface area contributed by atoms with Crippen LogP contribution in [0.4, 0.5) is 0 Å². The molecule has 0 spiro atoms. The third kappa shape index (κ3) is 4.48. The lowest BCUT2D eigenvalue weighted by molar-refractivity contribution is -0.141. The minimum atomic E-state index is -0.623. The summed E-state index contributed by atoms with van der Waals surface area (Å²) in [6, 6.07) is 4.85. The standard InChI is InChI=1S/C22H28N2O5S/c1-6-28-16-8-7-15(11-17(16)27-5)20-19(21(26)29-12-13(2)3)14(4)23-22-24(20)18(25)9-10-30-22/h7-8,11,13,20H,6,9-10,12H2,1-5H3/t20-/m1/s1. The number of rotatable bonds is 7. The first-order valence-corrected chi connectivity index (χ1v) is 11.1. The van der Waals surface area contributed by atoms with Crippen molar-refractivity contribution >= 4 is 28.8 Å². The third-order valence-corrected chi connectivity index (χ3v) is 5.73. The summed E-state index contributed by atoms with van der Waals surface area (Å²) in [5, 5.41) is 0.613. The molecular weight excluding hydrogens is 404 g/mol. The van der Waals surface area contributed by atoms with E-state index < -0.39 is 12.0 Å². The van der Waals surface area contributed by atoms with E-state index in [-0.39, 0.29) is 11.8 Å². The van der Waals surface area contributed by atoms with E-state index in [0.717, 1.165) is 5.56 Å². The smallest absolute Gasteiger partial charge is 0.338 e. The number of aliphatic imine (C=N–C) groups is 1. The molecule has 1 saturated heterocycles. The Morgan fingerprint density at radius 3 is 2.77 bits per heavy atom.